The highest BCUT2D eigenvalue weighted by Crippen LogP contribution is 2.30. The highest BCUT2D eigenvalue weighted by atomic mass is 19.1. The van der Waals surface area contributed by atoms with E-state index in [9.17, 15) is 4.39 Å². The van der Waals surface area contributed by atoms with Crippen LogP contribution in [-0.2, 0) is 0 Å². The molecule has 0 aromatic heterocycles. The van der Waals surface area contributed by atoms with Gasteiger partial charge in [0.05, 0.1) is 6.61 Å². The van der Waals surface area contributed by atoms with Crippen molar-refractivity contribution in [2.45, 2.75) is 26.2 Å². The minimum atomic E-state index is -0.262. The minimum absolute atomic E-state index is 0.262. The van der Waals surface area contributed by atoms with Crippen LogP contribution in [0.1, 0.15) is 31.7 Å². The van der Waals surface area contributed by atoms with E-state index >= 15 is 0 Å². The van der Waals surface area contributed by atoms with Gasteiger partial charge in [0.15, 0.2) is 11.6 Å². The number of benzene rings is 1. The topological polar surface area (TPSA) is 9.23 Å². The van der Waals surface area contributed by atoms with E-state index in [2.05, 4.69) is 6.08 Å². The second-order valence-electron chi connectivity index (χ2n) is 3.70. The summed E-state index contributed by atoms with van der Waals surface area (Å²) in [6, 6.07) is 5.22. The van der Waals surface area contributed by atoms with E-state index < -0.39 is 0 Å². The van der Waals surface area contributed by atoms with Crippen LogP contribution in [0.15, 0.2) is 24.3 Å². The molecule has 0 saturated carbocycles. The molecule has 1 aliphatic rings. The van der Waals surface area contributed by atoms with E-state index in [4.69, 9.17) is 4.74 Å². The van der Waals surface area contributed by atoms with Crippen molar-refractivity contribution in [2.24, 2.45) is 0 Å². The first kappa shape index (κ1) is 10.2. The molecular weight excluding hydrogens is 191 g/mol. The number of hydrogen-bond acceptors (Lipinski definition) is 1. The zero-order valence-electron chi connectivity index (χ0n) is 8.92. The highest BCUT2D eigenvalue weighted by Gasteiger charge is 2.10. The van der Waals surface area contributed by atoms with Gasteiger partial charge < -0.3 is 4.74 Å². The molecule has 0 heterocycles. The second-order valence-corrected chi connectivity index (χ2v) is 3.70. The number of allylic oxidation sites excluding steroid dienone is 2. The summed E-state index contributed by atoms with van der Waals surface area (Å²) >= 11 is 0. The van der Waals surface area contributed by atoms with Gasteiger partial charge in [0, 0.05) is 0 Å². The molecule has 0 radical (unpaired) electrons. The Morgan fingerprint density at radius 1 is 1.40 bits per heavy atom. The SMILES string of the molecule is CCOc1ccc(C2=CCCC2)cc1F. The smallest absolute Gasteiger partial charge is 0.165 e. The van der Waals surface area contributed by atoms with Crippen LogP contribution in [0.4, 0.5) is 4.39 Å². The summed E-state index contributed by atoms with van der Waals surface area (Å²) in [5.74, 6) is 0.0852. The standard InChI is InChI=1S/C13H15FO/c1-2-15-13-8-7-11(9-12(13)14)10-5-3-4-6-10/h5,7-9H,2-4,6H2,1H3. The molecule has 0 unspecified atom stereocenters. The minimum Gasteiger partial charge on any atom is -0.491 e. The second kappa shape index (κ2) is 4.47. The molecule has 0 amide bonds. The number of hydrogen-bond donors (Lipinski definition) is 0. The third-order valence-corrected chi connectivity index (χ3v) is 2.64. The maximum absolute atomic E-state index is 13.5. The molecule has 2 heteroatoms. The van der Waals surface area contributed by atoms with Gasteiger partial charge >= 0.3 is 0 Å². The van der Waals surface area contributed by atoms with E-state index in [0.29, 0.717) is 12.4 Å². The van der Waals surface area contributed by atoms with Crippen molar-refractivity contribution < 1.29 is 9.13 Å². The van der Waals surface area contributed by atoms with Crippen molar-refractivity contribution in [3.8, 4) is 5.75 Å². The molecule has 80 valence electrons. The summed E-state index contributed by atoms with van der Waals surface area (Å²) in [5.41, 5.74) is 2.26. The van der Waals surface area contributed by atoms with Crippen LogP contribution in [-0.4, -0.2) is 6.61 Å². The Morgan fingerprint density at radius 2 is 2.27 bits per heavy atom. The molecule has 0 bridgehead atoms. The molecule has 1 aliphatic carbocycles. The normalized spacial score (nSPS) is 15.2. The van der Waals surface area contributed by atoms with E-state index in [-0.39, 0.29) is 5.82 Å². The fraction of sp³-hybridized carbons (Fsp3) is 0.385. The molecule has 0 spiro atoms. The van der Waals surface area contributed by atoms with Crippen molar-refractivity contribution in [1.82, 2.24) is 0 Å². The lowest BCUT2D eigenvalue weighted by atomic mass is 10.1. The zero-order valence-corrected chi connectivity index (χ0v) is 8.92. The predicted molar refractivity (Wildman–Crippen MR) is 59.4 cm³/mol. The first-order valence-corrected chi connectivity index (χ1v) is 5.43. The average Bonchev–Trinajstić information content (AvgIpc) is 2.74. The zero-order chi connectivity index (χ0) is 10.7. The third-order valence-electron chi connectivity index (χ3n) is 2.64. The van der Waals surface area contributed by atoms with Gasteiger partial charge in [-0.3, -0.25) is 0 Å². The molecule has 0 saturated heterocycles. The van der Waals surface area contributed by atoms with Gasteiger partial charge in [-0.2, -0.15) is 0 Å². The van der Waals surface area contributed by atoms with Crippen LogP contribution in [0.25, 0.3) is 5.57 Å². The fourth-order valence-corrected chi connectivity index (χ4v) is 1.91. The van der Waals surface area contributed by atoms with Gasteiger partial charge in [-0.05, 0) is 49.5 Å². The summed E-state index contributed by atoms with van der Waals surface area (Å²) in [5, 5.41) is 0. The Balaban J connectivity index is 2.24. The summed E-state index contributed by atoms with van der Waals surface area (Å²) in [4.78, 5) is 0. The van der Waals surface area contributed by atoms with Gasteiger partial charge in [-0.1, -0.05) is 12.1 Å². The van der Waals surface area contributed by atoms with E-state index in [1.54, 1.807) is 12.1 Å². The number of rotatable bonds is 3. The first-order chi connectivity index (χ1) is 7.31. The van der Waals surface area contributed by atoms with Crippen LogP contribution in [0.5, 0.6) is 5.75 Å². The molecule has 0 N–H and O–H groups in total. The Kier molecular flexibility index (Phi) is 3.05. The highest BCUT2D eigenvalue weighted by molar-refractivity contribution is 5.67. The largest absolute Gasteiger partial charge is 0.491 e. The maximum atomic E-state index is 13.5. The molecule has 1 aromatic rings. The van der Waals surface area contributed by atoms with E-state index in [0.717, 1.165) is 18.4 Å². The summed E-state index contributed by atoms with van der Waals surface area (Å²) in [6.07, 6.45) is 5.55. The van der Waals surface area contributed by atoms with Gasteiger partial charge in [0.1, 0.15) is 0 Å². The lowest BCUT2D eigenvalue weighted by Crippen LogP contribution is -1.95. The lowest BCUT2D eigenvalue weighted by Gasteiger charge is -2.07. The Morgan fingerprint density at radius 3 is 2.87 bits per heavy atom. The third kappa shape index (κ3) is 2.20. The maximum Gasteiger partial charge on any atom is 0.165 e. The Hall–Kier alpha value is -1.31. The van der Waals surface area contributed by atoms with Gasteiger partial charge in [0.25, 0.3) is 0 Å². The van der Waals surface area contributed by atoms with Crippen LogP contribution in [0.3, 0.4) is 0 Å². The van der Waals surface area contributed by atoms with Crippen molar-refractivity contribution in [3.05, 3.63) is 35.7 Å². The first-order valence-electron chi connectivity index (χ1n) is 5.43. The predicted octanol–water partition coefficient (Wildman–Crippen LogP) is 3.79. The number of halogens is 1. The summed E-state index contributed by atoms with van der Waals surface area (Å²) in [6.45, 7) is 2.35. The van der Waals surface area contributed by atoms with Gasteiger partial charge in [0.2, 0.25) is 0 Å². The Labute approximate surface area is 89.6 Å². The van der Waals surface area contributed by atoms with Crippen LogP contribution in [0, 0.1) is 5.82 Å². The molecule has 1 nitrogen and oxygen atoms in total. The van der Waals surface area contributed by atoms with Crippen LogP contribution in [0.2, 0.25) is 0 Å². The quantitative estimate of drug-likeness (QED) is 0.731. The van der Waals surface area contributed by atoms with Gasteiger partial charge in [-0.25, -0.2) is 4.39 Å². The molecular formula is C13H15FO. The van der Waals surface area contributed by atoms with Crippen LogP contribution >= 0.6 is 0 Å². The van der Waals surface area contributed by atoms with E-state index in [1.807, 2.05) is 13.0 Å². The van der Waals surface area contributed by atoms with Crippen molar-refractivity contribution in [3.63, 3.8) is 0 Å². The summed E-state index contributed by atoms with van der Waals surface area (Å²) in [7, 11) is 0. The summed E-state index contributed by atoms with van der Waals surface area (Å²) < 4.78 is 18.7. The molecule has 1 aromatic carbocycles. The van der Waals surface area contributed by atoms with Gasteiger partial charge in [-0.15, -0.1) is 0 Å². The Bertz CT molecular complexity index is 382. The average molecular weight is 206 g/mol. The molecule has 0 aliphatic heterocycles. The van der Waals surface area contributed by atoms with E-state index in [1.165, 1.54) is 12.0 Å². The monoisotopic (exact) mass is 206 g/mol. The van der Waals surface area contributed by atoms with Crippen LogP contribution < -0.4 is 4.74 Å². The molecule has 15 heavy (non-hydrogen) atoms. The van der Waals surface area contributed by atoms with Crippen molar-refractivity contribution in [2.75, 3.05) is 6.61 Å². The molecule has 0 atom stereocenters. The fourth-order valence-electron chi connectivity index (χ4n) is 1.91. The van der Waals surface area contributed by atoms with Crippen molar-refractivity contribution >= 4 is 5.57 Å². The number of ether oxygens (including phenoxy) is 1. The lowest BCUT2D eigenvalue weighted by molar-refractivity contribution is 0.321. The molecule has 0 fully saturated rings. The molecule has 2 rings (SSSR count). The van der Waals surface area contributed by atoms with Crippen molar-refractivity contribution in [1.29, 1.82) is 0 Å².